The third-order valence-corrected chi connectivity index (χ3v) is 2.45. The Bertz CT molecular complexity index is 380. The molecular weight excluding hydrogens is 224 g/mol. The summed E-state index contributed by atoms with van der Waals surface area (Å²) < 4.78 is 0. The van der Waals surface area contributed by atoms with Crippen LogP contribution >= 0.6 is 0 Å². The van der Waals surface area contributed by atoms with E-state index in [0.29, 0.717) is 19.5 Å². The maximum absolute atomic E-state index is 11.7. The Morgan fingerprint density at radius 2 is 2.47 bits per heavy atom. The number of carbonyl (C=O) groups is 2. The SMILES string of the molecule is O=C1CNC(C(=O)NCCc2ncn[nH]2)CN1. The average molecular weight is 238 g/mol. The highest BCUT2D eigenvalue weighted by Gasteiger charge is 2.23. The van der Waals surface area contributed by atoms with Gasteiger partial charge in [-0.15, -0.1) is 0 Å². The van der Waals surface area contributed by atoms with Gasteiger partial charge in [0, 0.05) is 19.5 Å². The summed E-state index contributed by atoms with van der Waals surface area (Å²) in [4.78, 5) is 26.5. The van der Waals surface area contributed by atoms with Gasteiger partial charge in [-0.1, -0.05) is 0 Å². The summed E-state index contributed by atoms with van der Waals surface area (Å²) in [6.07, 6.45) is 2.03. The average Bonchev–Trinajstić information content (AvgIpc) is 2.83. The van der Waals surface area contributed by atoms with Gasteiger partial charge < -0.3 is 10.6 Å². The summed E-state index contributed by atoms with van der Waals surface area (Å²) in [7, 11) is 0. The van der Waals surface area contributed by atoms with Crippen molar-refractivity contribution in [1.29, 1.82) is 0 Å². The van der Waals surface area contributed by atoms with Gasteiger partial charge in [0.1, 0.15) is 18.2 Å². The van der Waals surface area contributed by atoms with E-state index in [9.17, 15) is 9.59 Å². The highest BCUT2D eigenvalue weighted by atomic mass is 16.2. The van der Waals surface area contributed by atoms with Crippen molar-refractivity contribution in [2.75, 3.05) is 19.6 Å². The fourth-order valence-electron chi connectivity index (χ4n) is 1.53. The molecule has 1 atom stereocenters. The number of aromatic amines is 1. The first-order valence-electron chi connectivity index (χ1n) is 5.38. The predicted molar refractivity (Wildman–Crippen MR) is 57.9 cm³/mol. The largest absolute Gasteiger partial charge is 0.354 e. The van der Waals surface area contributed by atoms with E-state index >= 15 is 0 Å². The molecule has 0 radical (unpaired) electrons. The third-order valence-electron chi connectivity index (χ3n) is 2.45. The highest BCUT2D eigenvalue weighted by molar-refractivity contribution is 5.86. The minimum atomic E-state index is -0.359. The van der Waals surface area contributed by atoms with Gasteiger partial charge in [-0.3, -0.25) is 20.0 Å². The minimum Gasteiger partial charge on any atom is -0.354 e. The summed E-state index contributed by atoms with van der Waals surface area (Å²) in [6, 6.07) is -0.359. The van der Waals surface area contributed by atoms with Crippen LogP contribution in [-0.2, 0) is 16.0 Å². The lowest BCUT2D eigenvalue weighted by Gasteiger charge is -2.22. The van der Waals surface area contributed by atoms with Crippen LogP contribution in [0, 0.1) is 0 Å². The quantitative estimate of drug-likeness (QED) is 0.465. The molecule has 17 heavy (non-hydrogen) atoms. The van der Waals surface area contributed by atoms with E-state index in [2.05, 4.69) is 31.1 Å². The molecular formula is C9H14N6O2. The lowest BCUT2D eigenvalue weighted by molar-refractivity contribution is -0.126. The first-order valence-corrected chi connectivity index (χ1v) is 5.38. The van der Waals surface area contributed by atoms with Crippen LogP contribution in [0.2, 0.25) is 0 Å². The Hall–Kier alpha value is -1.96. The molecule has 1 fully saturated rings. The van der Waals surface area contributed by atoms with Crippen molar-refractivity contribution in [2.24, 2.45) is 0 Å². The second-order valence-electron chi connectivity index (χ2n) is 3.71. The zero-order chi connectivity index (χ0) is 12.1. The molecule has 4 N–H and O–H groups in total. The van der Waals surface area contributed by atoms with Crippen LogP contribution in [0.25, 0.3) is 0 Å². The van der Waals surface area contributed by atoms with Gasteiger partial charge >= 0.3 is 0 Å². The number of H-pyrrole nitrogens is 1. The molecule has 0 aromatic carbocycles. The van der Waals surface area contributed by atoms with Crippen LogP contribution in [0.5, 0.6) is 0 Å². The Balaban J connectivity index is 1.68. The molecule has 1 aromatic heterocycles. The molecule has 8 nitrogen and oxygen atoms in total. The Morgan fingerprint density at radius 1 is 1.59 bits per heavy atom. The monoisotopic (exact) mass is 238 g/mol. The Labute approximate surface area is 97.6 Å². The number of carbonyl (C=O) groups excluding carboxylic acids is 2. The smallest absolute Gasteiger partial charge is 0.238 e. The van der Waals surface area contributed by atoms with Crippen molar-refractivity contribution in [1.82, 2.24) is 31.1 Å². The van der Waals surface area contributed by atoms with Crippen molar-refractivity contribution in [2.45, 2.75) is 12.5 Å². The molecule has 92 valence electrons. The molecule has 0 spiro atoms. The number of hydrogen-bond donors (Lipinski definition) is 4. The normalized spacial score (nSPS) is 19.8. The highest BCUT2D eigenvalue weighted by Crippen LogP contribution is 1.90. The minimum absolute atomic E-state index is 0.0873. The Kier molecular flexibility index (Phi) is 3.66. The molecule has 1 aliphatic heterocycles. The number of hydrogen-bond acceptors (Lipinski definition) is 5. The van der Waals surface area contributed by atoms with Gasteiger partial charge in [-0.2, -0.15) is 5.10 Å². The van der Waals surface area contributed by atoms with Crippen LogP contribution < -0.4 is 16.0 Å². The predicted octanol–water partition coefficient (Wildman–Crippen LogP) is -2.45. The van der Waals surface area contributed by atoms with Crippen molar-refractivity contribution in [3.8, 4) is 0 Å². The van der Waals surface area contributed by atoms with E-state index in [4.69, 9.17) is 0 Å². The number of piperazine rings is 1. The van der Waals surface area contributed by atoms with Crippen LogP contribution in [0.1, 0.15) is 5.82 Å². The van der Waals surface area contributed by atoms with Gasteiger partial charge in [0.05, 0.1) is 6.54 Å². The zero-order valence-corrected chi connectivity index (χ0v) is 9.19. The van der Waals surface area contributed by atoms with Crippen molar-refractivity contribution >= 4 is 11.8 Å². The second-order valence-corrected chi connectivity index (χ2v) is 3.71. The fraction of sp³-hybridized carbons (Fsp3) is 0.556. The lowest BCUT2D eigenvalue weighted by Crippen LogP contribution is -2.58. The number of nitrogens with one attached hydrogen (secondary N) is 4. The summed E-state index contributed by atoms with van der Waals surface area (Å²) in [5.41, 5.74) is 0. The molecule has 1 unspecified atom stereocenters. The second kappa shape index (κ2) is 5.39. The molecule has 0 saturated carbocycles. The van der Waals surface area contributed by atoms with Gasteiger partial charge in [-0.25, -0.2) is 4.98 Å². The number of rotatable bonds is 4. The number of aromatic nitrogens is 3. The van der Waals surface area contributed by atoms with E-state index < -0.39 is 0 Å². The first kappa shape index (κ1) is 11.5. The van der Waals surface area contributed by atoms with Crippen molar-refractivity contribution in [3.63, 3.8) is 0 Å². The van der Waals surface area contributed by atoms with E-state index in [1.165, 1.54) is 6.33 Å². The first-order chi connectivity index (χ1) is 8.25. The molecule has 0 aliphatic carbocycles. The summed E-state index contributed by atoms with van der Waals surface area (Å²) >= 11 is 0. The lowest BCUT2D eigenvalue weighted by atomic mass is 10.2. The molecule has 8 heteroatoms. The molecule has 1 saturated heterocycles. The molecule has 1 aromatic rings. The standard InChI is InChI=1S/C9H14N6O2/c16-8-4-11-6(3-12-8)9(17)10-2-1-7-13-5-14-15-7/h5-6,11H,1-4H2,(H,10,17)(H,12,16)(H,13,14,15). The summed E-state index contributed by atoms with van der Waals surface area (Å²) in [6.45, 7) is 0.993. The third kappa shape index (κ3) is 3.25. The van der Waals surface area contributed by atoms with Gasteiger partial charge in [-0.05, 0) is 0 Å². The molecule has 1 aliphatic rings. The van der Waals surface area contributed by atoms with Crippen molar-refractivity contribution < 1.29 is 9.59 Å². The van der Waals surface area contributed by atoms with E-state index in [1.54, 1.807) is 0 Å². The van der Waals surface area contributed by atoms with E-state index in [0.717, 1.165) is 5.82 Å². The number of amides is 2. The number of nitrogens with zero attached hydrogens (tertiary/aromatic N) is 2. The summed E-state index contributed by atoms with van der Waals surface area (Å²) in [5, 5.41) is 14.7. The maximum atomic E-state index is 11.7. The molecule has 2 heterocycles. The maximum Gasteiger partial charge on any atom is 0.238 e. The Morgan fingerprint density at radius 3 is 3.12 bits per heavy atom. The van der Waals surface area contributed by atoms with Gasteiger partial charge in [0.15, 0.2) is 0 Å². The van der Waals surface area contributed by atoms with E-state index in [1.807, 2.05) is 0 Å². The van der Waals surface area contributed by atoms with Gasteiger partial charge in [0.25, 0.3) is 0 Å². The van der Waals surface area contributed by atoms with Crippen LogP contribution in [-0.4, -0.2) is 52.7 Å². The van der Waals surface area contributed by atoms with Gasteiger partial charge in [0.2, 0.25) is 11.8 Å². The summed E-state index contributed by atoms with van der Waals surface area (Å²) in [5.74, 6) is 0.524. The topological polar surface area (TPSA) is 112 Å². The molecule has 0 bridgehead atoms. The van der Waals surface area contributed by atoms with Crippen molar-refractivity contribution in [3.05, 3.63) is 12.2 Å². The van der Waals surface area contributed by atoms with Crippen LogP contribution in [0.3, 0.4) is 0 Å². The molecule has 2 amide bonds. The van der Waals surface area contributed by atoms with Crippen LogP contribution in [0.4, 0.5) is 0 Å². The molecule has 2 rings (SSSR count). The van der Waals surface area contributed by atoms with E-state index in [-0.39, 0.29) is 24.4 Å². The van der Waals surface area contributed by atoms with Crippen LogP contribution in [0.15, 0.2) is 6.33 Å². The fourth-order valence-corrected chi connectivity index (χ4v) is 1.53. The zero-order valence-electron chi connectivity index (χ0n) is 9.19.